The third kappa shape index (κ3) is 6.84. The van der Waals surface area contributed by atoms with Gasteiger partial charge in [-0.1, -0.05) is 24.4 Å². The van der Waals surface area contributed by atoms with Crippen LogP contribution in [-0.4, -0.2) is 50.2 Å². The first-order chi connectivity index (χ1) is 24.7. The summed E-state index contributed by atoms with van der Waals surface area (Å²) in [5.74, 6) is 1.77. The van der Waals surface area contributed by atoms with E-state index in [0.29, 0.717) is 0 Å². The number of rotatable bonds is 2. The Hall–Kier alpha value is -5.46. The zero-order valence-electron chi connectivity index (χ0n) is 26.0. The third-order valence-electron chi connectivity index (χ3n) is 7.73. The van der Waals surface area contributed by atoms with Gasteiger partial charge in [0.05, 0.1) is 44.1 Å². The second-order valence-electron chi connectivity index (χ2n) is 10.4. The van der Waals surface area contributed by atoms with Crippen molar-refractivity contribution >= 4 is 123 Å². The standard InChI is InChI=1S/2C17H10N4S.2CNS.Fe/c2*1-3-11-13(18-6-1)14-12(4-2-7-19-14)16-15(11)20-17(21-16)10-5-8-22-9-10;2*2-1-3;/h2*1-9H,(H,20,21);;;/q;;2*-1;+2. The molecule has 10 rings (SSSR count). The molecule has 8 heterocycles. The molecule has 0 atom stereocenters. The Kier molecular flexibility index (Phi) is 11.1. The van der Waals surface area contributed by atoms with Crippen LogP contribution in [-0.2, 0) is 17.1 Å². The van der Waals surface area contributed by atoms with E-state index in [9.17, 15) is 0 Å². The molecule has 0 unspecified atom stereocenters. The molecule has 0 radical (unpaired) electrons. The Morgan fingerprint density at radius 1 is 0.510 bits per heavy atom. The average molecular weight is 777 g/mol. The number of nitrogens with zero attached hydrogens (tertiary/aromatic N) is 8. The number of aromatic amines is 2. The number of thiocarbonyl (C=S) groups is 2. The molecule has 246 valence electrons. The molecule has 0 aliphatic heterocycles. The van der Waals surface area contributed by atoms with Gasteiger partial charge in [-0.05, 0) is 71.4 Å². The van der Waals surface area contributed by atoms with Crippen molar-refractivity contribution in [3.05, 3.63) is 118 Å². The van der Waals surface area contributed by atoms with E-state index >= 15 is 0 Å². The Labute approximate surface area is 318 Å². The van der Waals surface area contributed by atoms with Gasteiger partial charge < -0.3 is 20.8 Å². The molecule has 0 spiro atoms. The quantitative estimate of drug-likeness (QED) is 0.0761. The normalized spacial score (nSPS) is 10.4. The maximum absolute atomic E-state index is 7.13. The molecule has 0 saturated carbocycles. The topological polar surface area (TPSA) is 154 Å². The van der Waals surface area contributed by atoms with Crippen LogP contribution in [0.25, 0.3) is 99.3 Å². The molecule has 15 heteroatoms. The summed E-state index contributed by atoms with van der Waals surface area (Å²) in [4.78, 5) is 34.6. The number of hydrogen-bond acceptors (Lipinski definition) is 10. The molecular weight excluding hydrogens is 757 g/mol. The second-order valence-corrected chi connectivity index (χ2v) is 12.3. The molecule has 2 N–H and O–H groups in total. The van der Waals surface area contributed by atoms with Crippen LogP contribution in [0.3, 0.4) is 0 Å². The van der Waals surface area contributed by atoms with Crippen LogP contribution in [0.4, 0.5) is 0 Å². The van der Waals surface area contributed by atoms with Gasteiger partial charge >= 0.3 is 17.1 Å². The van der Waals surface area contributed by atoms with Crippen molar-refractivity contribution in [1.82, 2.24) is 39.9 Å². The molecule has 10 aromatic rings. The predicted molar refractivity (Wildman–Crippen MR) is 212 cm³/mol. The van der Waals surface area contributed by atoms with E-state index in [1.807, 2.05) is 24.3 Å². The SMILES string of the molecule is [Fe+2].[N-]=C=S.[N-]=C=S.c1cnc2c(c1)c1nc(-c3ccsc3)[nH]c1c1cccnc12.c1cnc2c(c1)c1nc(-c3ccsc3)[nH]c1c1cccnc12. The molecule has 10 nitrogen and oxygen atoms in total. The van der Waals surface area contributed by atoms with E-state index in [2.05, 4.69) is 112 Å². The van der Waals surface area contributed by atoms with Crippen molar-refractivity contribution in [3.8, 4) is 22.8 Å². The van der Waals surface area contributed by atoms with Crippen LogP contribution in [0.5, 0.6) is 0 Å². The number of hydrogen-bond donors (Lipinski definition) is 2. The summed E-state index contributed by atoms with van der Waals surface area (Å²) < 4.78 is 0. The molecule has 0 fully saturated rings. The van der Waals surface area contributed by atoms with Gasteiger partial charge in [-0.25, -0.2) is 9.97 Å². The summed E-state index contributed by atoms with van der Waals surface area (Å²) >= 11 is 10.7. The fraction of sp³-hybridized carbons (Fsp3) is 0. The summed E-state index contributed by atoms with van der Waals surface area (Å²) in [7, 11) is 0. The first kappa shape index (κ1) is 35.4. The summed E-state index contributed by atoms with van der Waals surface area (Å²) in [6.07, 6.45) is 7.21. The van der Waals surface area contributed by atoms with Crippen LogP contribution in [0.1, 0.15) is 0 Å². The maximum atomic E-state index is 7.13. The molecule has 0 aliphatic rings. The van der Waals surface area contributed by atoms with E-state index in [4.69, 9.17) is 20.8 Å². The maximum Gasteiger partial charge on any atom is 2.00 e. The Morgan fingerprint density at radius 3 is 1.18 bits per heavy atom. The molecule has 0 aliphatic carbocycles. The van der Waals surface area contributed by atoms with Crippen molar-refractivity contribution in [3.63, 3.8) is 0 Å². The first-order valence-corrected chi connectivity index (χ1v) is 17.5. The van der Waals surface area contributed by atoms with E-state index in [0.717, 1.165) is 88.5 Å². The van der Waals surface area contributed by atoms with E-state index in [-0.39, 0.29) is 17.1 Å². The van der Waals surface area contributed by atoms with Crippen LogP contribution >= 0.6 is 47.1 Å². The molecule has 2 aromatic carbocycles. The fourth-order valence-corrected chi connectivity index (χ4v) is 7.04. The van der Waals surface area contributed by atoms with Crippen molar-refractivity contribution in [2.75, 3.05) is 0 Å². The number of isothiocyanates is 2. The van der Waals surface area contributed by atoms with Gasteiger partial charge in [-0.2, -0.15) is 33.0 Å². The Bertz CT molecular complexity index is 2490. The minimum atomic E-state index is 0. The summed E-state index contributed by atoms with van der Waals surface area (Å²) in [6, 6.07) is 20.2. The summed E-state index contributed by atoms with van der Waals surface area (Å²) in [6.45, 7) is 0. The van der Waals surface area contributed by atoms with Crippen LogP contribution in [0.2, 0.25) is 0 Å². The predicted octanol–water partition coefficient (Wildman–Crippen LogP) is 10.1. The number of H-pyrrole nitrogens is 2. The number of benzene rings is 2. The zero-order valence-corrected chi connectivity index (χ0v) is 30.3. The molecule has 0 bridgehead atoms. The van der Waals surface area contributed by atoms with Gasteiger partial charge in [-0.15, -0.1) is 0 Å². The van der Waals surface area contributed by atoms with E-state index in [1.165, 1.54) is 10.3 Å². The van der Waals surface area contributed by atoms with Crippen LogP contribution in [0, 0.1) is 0 Å². The fourth-order valence-electron chi connectivity index (χ4n) is 5.76. The molecule has 8 aromatic heterocycles. The van der Waals surface area contributed by atoms with Crippen molar-refractivity contribution < 1.29 is 17.1 Å². The number of fused-ring (bicyclic) bond motifs is 12. The summed E-state index contributed by atoms with van der Waals surface area (Å²) in [5, 5.41) is 29.4. The van der Waals surface area contributed by atoms with Gasteiger partial charge in [0.15, 0.2) is 0 Å². The number of aromatic nitrogens is 8. The van der Waals surface area contributed by atoms with Crippen molar-refractivity contribution in [2.24, 2.45) is 0 Å². The van der Waals surface area contributed by atoms with Gasteiger partial charge in [-0.3, -0.25) is 19.9 Å². The van der Waals surface area contributed by atoms with Gasteiger partial charge in [0, 0.05) is 68.2 Å². The third-order valence-corrected chi connectivity index (χ3v) is 9.09. The number of pyridine rings is 4. The number of imidazole rings is 2. The van der Waals surface area contributed by atoms with Gasteiger partial charge in [0.2, 0.25) is 0 Å². The number of thiophene rings is 2. The Morgan fingerprint density at radius 2 is 0.843 bits per heavy atom. The first-order valence-electron chi connectivity index (χ1n) is 14.8. The molecule has 51 heavy (non-hydrogen) atoms. The van der Waals surface area contributed by atoms with Gasteiger partial charge in [0.1, 0.15) is 11.6 Å². The summed E-state index contributed by atoms with van der Waals surface area (Å²) in [5.41, 5.74) is 9.76. The smallest absolute Gasteiger partial charge is 0.753 e. The largest absolute Gasteiger partial charge is 2.00 e. The zero-order chi connectivity index (χ0) is 34.5. The van der Waals surface area contributed by atoms with Crippen LogP contribution < -0.4 is 0 Å². The Balaban J connectivity index is 0.000000150. The second kappa shape index (κ2) is 16.0. The van der Waals surface area contributed by atoms with E-state index in [1.54, 1.807) is 47.5 Å². The van der Waals surface area contributed by atoms with Crippen molar-refractivity contribution in [2.45, 2.75) is 0 Å². The monoisotopic (exact) mass is 776 g/mol. The molecular formula is C36H20FeN10S4. The van der Waals surface area contributed by atoms with Crippen molar-refractivity contribution in [1.29, 1.82) is 0 Å². The van der Waals surface area contributed by atoms with E-state index < -0.39 is 0 Å². The molecule has 0 amide bonds. The van der Waals surface area contributed by atoms with Crippen LogP contribution in [0.15, 0.2) is 107 Å². The van der Waals surface area contributed by atoms with Gasteiger partial charge in [0.25, 0.3) is 0 Å². The average Bonchev–Trinajstić information content (AvgIpc) is 4.00. The number of nitrogens with one attached hydrogen (secondary N) is 2. The molecule has 0 saturated heterocycles. The minimum Gasteiger partial charge on any atom is -0.753 e. The minimum absolute atomic E-state index is 0.